The topological polar surface area (TPSA) is 64.0 Å². The van der Waals surface area contributed by atoms with Gasteiger partial charge in [-0.05, 0) is 55.0 Å². The Hall–Kier alpha value is -2.29. The summed E-state index contributed by atoms with van der Waals surface area (Å²) in [7, 11) is 0. The highest BCUT2D eigenvalue weighted by molar-refractivity contribution is 8.01. The highest BCUT2D eigenvalue weighted by atomic mass is 32.2. The number of para-hydroxylation sites is 1. The SMILES string of the molecule is CCCC(=O)Nc1ccc(C(=O)CSc2nn(-c3ccccc3)c(=S)s2)cc1. The molecule has 0 saturated heterocycles. The van der Waals surface area contributed by atoms with Gasteiger partial charge in [-0.2, -0.15) is 0 Å². The molecule has 3 rings (SSSR count). The molecule has 0 saturated carbocycles. The molecule has 0 atom stereocenters. The molecule has 3 aromatic rings. The lowest BCUT2D eigenvalue weighted by atomic mass is 10.1. The Morgan fingerprint density at radius 1 is 1.14 bits per heavy atom. The third-order valence-corrected chi connectivity index (χ3v) is 6.19. The van der Waals surface area contributed by atoms with Gasteiger partial charge in [0.1, 0.15) is 0 Å². The molecule has 144 valence electrons. The minimum atomic E-state index is -0.0210. The van der Waals surface area contributed by atoms with Crippen LogP contribution in [0.1, 0.15) is 30.1 Å². The first-order valence-electron chi connectivity index (χ1n) is 8.78. The van der Waals surface area contributed by atoms with Crippen LogP contribution in [0.25, 0.3) is 5.69 Å². The Morgan fingerprint density at radius 3 is 2.54 bits per heavy atom. The van der Waals surface area contributed by atoms with E-state index in [1.165, 1.54) is 23.1 Å². The smallest absolute Gasteiger partial charge is 0.224 e. The Balaban J connectivity index is 1.60. The van der Waals surface area contributed by atoms with Crippen LogP contribution in [-0.4, -0.2) is 27.2 Å². The Morgan fingerprint density at radius 2 is 1.86 bits per heavy atom. The van der Waals surface area contributed by atoms with Crippen molar-refractivity contribution < 1.29 is 9.59 Å². The van der Waals surface area contributed by atoms with E-state index in [4.69, 9.17) is 12.2 Å². The second kappa shape index (κ2) is 9.77. The summed E-state index contributed by atoms with van der Waals surface area (Å²) < 4.78 is 3.11. The van der Waals surface area contributed by atoms with Gasteiger partial charge in [0.15, 0.2) is 14.1 Å². The standard InChI is InChI=1S/C20H19N3O2S3/c1-2-6-18(25)21-15-11-9-14(10-12-15)17(24)13-27-19-22-23(20(26)28-19)16-7-4-3-5-8-16/h3-5,7-12H,2,6,13H2,1H3,(H,21,25). The lowest BCUT2D eigenvalue weighted by Crippen LogP contribution is -2.10. The molecule has 2 aromatic carbocycles. The maximum atomic E-state index is 12.5. The van der Waals surface area contributed by atoms with Gasteiger partial charge in [0.2, 0.25) is 5.91 Å². The average molecular weight is 430 g/mol. The summed E-state index contributed by atoms with van der Waals surface area (Å²) in [5, 5.41) is 7.32. The first kappa shape index (κ1) is 20.4. The van der Waals surface area contributed by atoms with Crippen molar-refractivity contribution in [2.45, 2.75) is 24.1 Å². The van der Waals surface area contributed by atoms with Crippen molar-refractivity contribution >= 4 is 52.7 Å². The number of nitrogens with zero attached hydrogens (tertiary/aromatic N) is 2. The number of carbonyl (C=O) groups is 2. The lowest BCUT2D eigenvalue weighted by molar-refractivity contribution is -0.116. The Labute approximate surface area is 176 Å². The zero-order valence-electron chi connectivity index (χ0n) is 15.3. The third-order valence-electron chi connectivity index (χ3n) is 3.82. The molecule has 0 radical (unpaired) electrons. The number of anilines is 1. The van der Waals surface area contributed by atoms with Crippen LogP contribution in [0.5, 0.6) is 0 Å². The predicted octanol–water partition coefficient (Wildman–Crippen LogP) is 5.38. The number of nitrogens with one attached hydrogen (secondary N) is 1. The highest BCUT2D eigenvalue weighted by Gasteiger charge is 2.11. The van der Waals surface area contributed by atoms with Crippen molar-refractivity contribution in [2.75, 3.05) is 11.1 Å². The highest BCUT2D eigenvalue weighted by Crippen LogP contribution is 2.25. The van der Waals surface area contributed by atoms with E-state index in [0.717, 1.165) is 16.4 Å². The summed E-state index contributed by atoms with van der Waals surface area (Å²) in [6.45, 7) is 1.96. The minimum absolute atomic E-state index is 0.00353. The molecule has 0 fully saturated rings. The number of hydrogen-bond acceptors (Lipinski definition) is 6. The van der Waals surface area contributed by atoms with Gasteiger partial charge in [-0.15, -0.1) is 5.10 Å². The van der Waals surface area contributed by atoms with E-state index in [0.29, 0.717) is 21.6 Å². The molecular formula is C20H19N3O2S3. The fourth-order valence-corrected chi connectivity index (χ4v) is 4.71. The van der Waals surface area contributed by atoms with Crippen LogP contribution < -0.4 is 5.32 Å². The minimum Gasteiger partial charge on any atom is -0.326 e. The van der Waals surface area contributed by atoms with E-state index in [1.807, 2.05) is 37.3 Å². The van der Waals surface area contributed by atoms with Crippen molar-refractivity contribution in [3.63, 3.8) is 0 Å². The second-order valence-electron chi connectivity index (χ2n) is 5.97. The second-order valence-corrected chi connectivity index (χ2v) is 8.81. The van der Waals surface area contributed by atoms with Gasteiger partial charge in [-0.3, -0.25) is 9.59 Å². The number of ketones is 1. The van der Waals surface area contributed by atoms with Crippen LogP contribution >= 0.6 is 35.3 Å². The van der Waals surface area contributed by atoms with Crippen LogP contribution in [0, 0.1) is 3.95 Å². The summed E-state index contributed by atoms with van der Waals surface area (Å²) in [6.07, 6.45) is 1.28. The van der Waals surface area contributed by atoms with E-state index in [9.17, 15) is 9.59 Å². The quantitative estimate of drug-likeness (QED) is 0.296. The number of amides is 1. The molecular weight excluding hydrogens is 410 g/mol. The van der Waals surface area contributed by atoms with Crippen molar-refractivity contribution in [1.82, 2.24) is 9.78 Å². The number of benzene rings is 2. The van der Waals surface area contributed by atoms with Crippen molar-refractivity contribution in [3.8, 4) is 5.69 Å². The van der Waals surface area contributed by atoms with E-state index in [-0.39, 0.29) is 17.4 Å². The van der Waals surface area contributed by atoms with Gasteiger partial charge < -0.3 is 5.32 Å². The number of carbonyl (C=O) groups excluding carboxylic acids is 2. The fourth-order valence-electron chi connectivity index (χ4n) is 2.45. The zero-order chi connectivity index (χ0) is 19.9. The molecule has 28 heavy (non-hydrogen) atoms. The summed E-state index contributed by atoms with van der Waals surface area (Å²) >= 11 is 8.15. The van der Waals surface area contributed by atoms with Crippen molar-refractivity contribution in [2.24, 2.45) is 0 Å². The van der Waals surface area contributed by atoms with Gasteiger partial charge in [0.05, 0.1) is 11.4 Å². The third kappa shape index (κ3) is 5.37. The zero-order valence-corrected chi connectivity index (χ0v) is 17.7. The molecule has 0 aliphatic rings. The lowest BCUT2D eigenvalue weighted by Gasteiger charge is -2.05. The average Bonchev–Trinajstić information content (AvgIpc) is 3.08. The molecule has 0 aliphatic carbocycles. The molecule has 1 N–H and O–H groups in total. The molecule has 1 aromatic heterocycles. The van der Waals surface area contributed by atoms with E-state index in [1.54, 1.807) is 28.9 Å². The summed E-state index contributed by atoms with van der Waals surface area (Å²) in [4.78, 5) is 24.1. The van der Waals surface area contributed by atoms with Gasteiger partial charge in [0, 0.05) is 17.7 Å². The van der Waals surface area contributed by atoms with Crippen molar-refractivity contribution in [1.29, 1.82) is 0 Å². The van der Waals surface area contributed by atoms with Crippen LogP contribution in [0.3, 0.4) is 0 Å². The number of aromatic nitrogens is 2. The summed E-state index contributed by atoms with van der Waals surface area (Å²) in [5.74, 6) is 0.259. The first-order chi connectivity index (χ1) is 13.6. The number of hydrogen-bond donors (Lipinski definition) is 1. The fraction of sp³-hybridized carbons (Fsp3) is 0.200. The molecule has 5 nitrogen and oxygen atoms in total. The molecule has 0 bridgehead atoms. The number of Topliss-reactive ketones (excluding diaryl/α,β-unsaturated/α-hetero) is 1. The molecule has 0 aliphatic heterocycles. The molecule has 1 heterocycles. The predicted molar refractivity (Wildman–Crippen MR) is 117 cm³/mol. The van der Waals surface area contributed by atoms with E-state index >= 15 is 0 Å². The Kier molecular flexibility index (Phi) is 7.13. The number of rotatable bonds is 8. The van der Waals surface area contributed by atoms with E-state index < -0.39 is 0 Å². The van der Waals surface area contributed by atoms with Crippen LogP contribution in [0.2, 0.25) is 0 Å². The van der Waals surface area contributed by atoms with Gasteiger partial charge in [-0.1, -0.05) is 48.2 Å². The molecule has 0 spiro atoms. The van der Waals surface area contributed by atoms with Crippen LogP contribution in [-0.2, 0) is 4.79 Å². The van der Waals surface area contributed by atoms with Gasteiger partial charge >= 0.3 is 0 Å². The maximum absolute atomic E-state index is 12.5. The van der Waals surface area contributed by atoms with Crippen molar-refractivity contribution in [3.05, 3.63) is 64.1 Å². The van der Waals surface area contributed by atoms with Gasteiger partial charge in [0.25, 0.3) is 0 Å². The first-order valence-corrected chi connectivity index (χ1v) is 11.0. The normalized spacial score (nSPS) is 10.6. The largest absolute Gasteiger partial charge is 0.326 e. The maximum Gasteiger partial charge on any atom is 0.224 e. The summed E-state index contributed by atoms with van der Waals surface area (Å²) in [5.41, 5.74) is 2.21. The van der Waals surface area contributed by atoms with E-state index in [2.05, 4.69) is 10.4 Å². The van der Waals surface area contributed by atoms with Gasteiger partial charge in [-0.25, -0.2) is 4.68 Å². The Bertz CT molecular complexity index is 1010. The van der Waals surface area contributed by atoms with Crippen LogP contribution in [0.4, 0.5) is 5.69 Å². The van der Waals surface area contributed by atoms with Crippen LogP contribution in [0.15, 0.2) is 58.9 Å². The number of thioether (sulfide) groups is 1. The molecule has 1 amide bonds. The molecule has 0 unspecified atom stereocenters. The molecule has 8 heteroatoms. The monoisotopic (exact) mass is 429 g/mol. The summed E-state index contributed by atoms with van der Waals surface area (Å²) in [6, 6.07) is 16.6.